The van der Waals surface area contributed by atoms with Crippen LogP contribution >= 0.6 is 0 Å². The molecule has 1 atom stereocenters. The number of nitrogens with zero attached hydrogens (tertiary/aromatic N) is 1. The zero-order chi connectivity index (χ0) is 15.9. The van der Waals surface area contributed by atoms with Crippen molar-refractivity contribution in [3.05, 3.63) is 48.5 Å². The van der Waals surface area contributed by atoms with Crippen LogP contribution in [0.25, 0.3) is 0 Å². The number of nitrogens with one attached hydrogen (secondary N) is 1. The van der Waals surface area contributed by atoms with Crippen molar-refractivity contribution in [2.45, 2.75) is 30.3 Å². The molecule has 1 unspecified atom stereocenters. The molecule has 5 nitrogen and oxygen atoms in total. The van der Waals surface area contributed by atoms with Crippen LogP contribution in [0.1, 0.15) is 19.3 Å². The second kappa shape index (κ2) is 5.54. The van der Waals surface area contributed by atoms with Crippen LogP contribution in [-0.2, 0) is 10.0 Å². The van der Waals surface area contributed by atoms with E-state index >= 15 is 0 Å². The molecule has 2 aliphatic heterocycles. The summed E-state index contributed by atoms with van der Waals surface area (Å²) in [7, 11) is -3.50. The Hall–Kier alpha value is -2.05. The van der Waals surface area contributed by atoms with Gasteiger partial charge in [0.05, 0.1) is 11.9 Å². The molecule has 1 saturated heterocycles. The molecule has 23 heavy (non-hydrogen) atoms. The lowest BCUT2D eigenvalue weighted by atomic mass is 10.1. The molecular weight excluding hydrogens is 312 g/mol. The lowest BCUT2D eigenvalue weighted by Crippen LogP contribution is -2.54. The highest BCUT2D eigenvalue weighted by molar-refractivity contribution is 7.89. The molecule has 2 heterocycles. The van der Waals surface area contributed by atoms with E-state index in [0.717, 1.165) is 31.5 Å². The van der Waals surface area contributed by atoms with Crippen LogP contribution in [0.4, 0.5) is 5.69 Å². The van der Waals surface area contributed by atoms with Gasteiger partial charge in [-0.15, -0.1) is 0 Å². The minimum atomic E-state index is -3.50. The summed E-state index contributed by atoms with van der Waals surface area (Å²) in [6.07, 6.45) is 2.86. The highest BCUT2D eigenvalue weighted by Gasteiger charge is 2.36. The number of hydrogen-bond acceptors (Lipinski definition) is 4. The standard InChI is InChI=1S/C17H18N2O3S/c20-23(21)16-12-14(22-13-6-2-1-3-7-13)9-10-15(16)19-11-5-4-8-17(19)18-23/h1-3,6-7,9-10,12,17-18H,4-5,8,11H2. The summed E-state index contributed by atoms with van der Waals surface area (Å²) in [5.41, 5.74) is 0.772. The number of benzene rings is 2. The number of fused-ring (bicyclic) bond motifs is 3. The summed E-state index contributed by atoms with van der Waals surface area (Å²) >= 11 is 0. The Morgan fingerprint density at radius 3 is 2.70 bits per heavy atom. The summed E-state index contributed by atoms with van der Waals surface area (Å²) in [5.74, 6) is 1.21. The van der Waals surface area contributed by atoms with E-state index in [0.29, 0.717) is 16.4 Å². The van der Waals surface area contributed by atoms with Crippen molar-refractivity contribution in [2.75, 3.05) is 11.4 Å². The summed E-state index contributed by atoms with van der Waals surface area (Å²) in [6.45, 7) is 0.874. The third-order valence-corrected chi connectivity index (χ3v) is 5.79. The average molecular weight is 330 g/mol. The zero-order valence-corrected chi connectivity index (χ0v) is 13.4. The fourth-order valence-electron chi connectivity index (χ4n) is 3.22. The minimum Gasteiger partial charge on any atom is -0.457 e. The molecule has 6 heteroatoms. The molecule has 0 spiro atoms. The van der Waals surface area contributed by atoms with Crippen LogP contribution in [0.3, 0.4) is 0 Å². The van der Waals surface area contributed by atoms with E-state index in [1.807, 2.05) is 42.5 Å². The molecule has 0 bridgehead atoms. The third kappa shape index (κ3) is 2.68. The number of anilines is 1. The summed E-state index contributed by atoms with van der Waals surface area (Å²) in [6, 6.07) is 14.6. The van der Waals surface area contributed by atoms with Crippen LogP contribution in [-0.4, -0.2) is 21.1 Å². The Labute approximate surface area is 135 Å². The van der Waals surface area contributed by atoms with Crippen molar-refractivity contribution in [1.82, 2.24) is 4.72 Å². The van der Waals surface area contributed by atoms with Gasteiger partial charge in [0.15, 0.2) is 0 Å². The van der Waals surface area contributed by atoms with Crippen LogP contribution < -0.4 is 14.4 Å². The molecule has 0 aliphatic carbocycles. The van der Waals surface area contributed by atoms with E-state index in [1.165, 1.54) is 0 Å². The first-order chi connectivity index (χ1) is 11.1. The van der Waals surface area contributed by atoms with Crippen molar-refractivity contribution < 1.29 is 13.2 Å². The van der Waals surface area contributed by atoms with E-state index in [4.69, 9.17) is 4.74 Å². The normalized spacial score (nSPS) is 22.1. The minimum absolute atomic E-state index is 0.123. The SMILES string of the molecule is O=S1(=O)NC2CCCCN2c2ccc(Oc3ccccc3)cc21. The summed E-state index contributed by atoms with van der Waals surface area (Å²) in [4.78, 5) is 2.44. The Morgan fingerprint density at radius 2 is 1.87 bits per heavy atom. The predicted octanol–water partition coefficient (Wildman–Crippen LogP) is 3.09. The van der Waals surface area contributed by atoms with Gasteiger partial charge in [-0.05, 0) is 43.5 Å². The maximum Gasteiger partial charge on any atom is 0.244 e. The van der Waals surface area contributed by atoms with Gasteiger partial charge in [0.2, 0.25) is 10.0 Å². The average Bonchev–Trinajstić information content (AvgIpc) is 2.56. The topological polar surface area (TPSA) is 58.6 Å². The first-order valence-electron chi connectivity index (χ1n) is 7.79. The number of sulfonamides is 1. The second-order valence-electron chi connectivity index (χ2n) is 5.87. The van der Waals surface area contributed by atoms with Gasteiger partial charge in [-0.1, -0.05) is 18.2 Å². The van der Waals surface area contributed by atoms with E-state index in [-0.39, 0.29) is 6.17 Å². The van der Waals surface area contributed by atoms with Crippen molar-refractivity contribution in [3.8, 4) is 11.5 Å². The molecule has 2 aromatic carbocycles. The Balaban J connectivity index is 1.73. The molecule has 1 N–H and O–H groups in total. The lowest BCUT2D eigenvalue weighted by Gasteiger charge is -2.41. The molecule has 4 rings (SSSR count). The van der Waals surface area contributed by atoms with Gasteiger partial charge >= 0.3 is 0 Å². The Morgan fingerprint density at radius 1 is 1.04 bits per heavy atom. The van der Waals surface area contributed by atoms with Crippen molar-refractivity contribution >= 4 is 15.7 Å². The van der Waals surface area contributed by atoms with Gasteiger partial charge in [0.25, 0.3) is 0 Å². The number of rotatable bonds is 2. The first-order valence-corrected chi connectivity index (χ1v) is 9.28. The van der Waals surface area contributed by atoms with Crippen molar-refractivity contribution in [1.29, 1.82) is 0 Å². The van der Waals surface area contributed by atoms with E-state index in [1.54, 1.807) is 6.07 Å². The van der Waals surface area contributed by atoms with Crippen LogP contribution in [0, 0.1) is 0 Å². The predicted molar refractivity (Wildman–Crippen MR) is 88.3 cm³/mol. The van der Waals surface area contributed by atoms with Crippen molar-refractivity contribution in [3.63, 3.8) is 0 Å². The highest BCUT2D eigenvalue weighted by Crippen LogP contribution is 2.37. The smallest absolute Gasteiger partial charge is 0.244 e. The quantitative estimate of drug-likeness (QED) is 0.919. The van der Waals surface area contributed by atoms with E-state index < -0.39 is 10.0 Å². The third-order valence-electron chi connectivity index (χ3n) is 4.30. The molecule has 0 saturated carbocycles. The lowest BCUT2D eigenvalue weighted by molar-refractivity contribution is 0.423. The highest BCUT2D eigenvalue weighted by atomic mass is 32.2. The molecule has 0 amide bonds. The molecular formula is C17H18N2O3S. The Bertz CT molecular complexity index is 821. The van der Waals surface area contributed by atoms with Crippen molar-refractivity contribution in [2.24, 2.45) is 0 Å². The molecule has 2 aromatic rings. The summed E-state index contributed by atoms with van der Waals surface area (Å²) < 4.78 is 33.6. The second-order valence-corrected chi connectivity index (χ2v) is 7.55. The monoisotopic (exact) mass is 330 g/mol. The first kappa shape index (κ1) is 14.5. The van der Waals surface area contributed by atoms with E-state index in [9.17, 15) is 8.42 Å². The van der Waals surface area contributed by atoms with Gasteiger partial charge in [-0.25, -0.2) is 8.42 Å². The Kier molecular flexibility index (Phi) is 3.50. The van der Waals surface area contributed by atoms with Crippen LogP contribution in [0.5, 0.6) is 11.5 Å². The molecule has 1 fully saturated rings. The molecule has 0 aromatic heterocycles. The van der Waals surface area contributed by atoms with E-state index in [2.05, 4.69) is 9.62 Å². The number of para-hydroxylation sites is 1. The molecule has 120 valence electrons. The molecule has 2 aliphatic rings. The number of piperidine rings is 1. The zero-order valence-electron chi connectivity index (χ0n) is 12.6. The van der Waals surface area contributed by atoms with Gasteiger partial charge in [-0.2, -0.15) is 4.72 Å². The van der Waals surface area contributed by atoms with Crippen LogP contribution in [0.15, 0.2) is 53.4 Å². The molecule has 0 radical (unpaired) electrons. The van der Waals surface area contributed by atoms with Gasteiger partial charge in [0, 0.05) is 12.6 Å². The fourth-order valence-corrected chi connectivity index (χ4v) is 4.68. The van der Waals surface area contributed by atoms with Crippen LogP contribution in [0.2, 0.25) is 0 Å². The number of ether oxygens (including phenoxy) is 1. The van der Waals surface area contributed by atoms with Gasteiger partial charge in [-0.3, -0.25) is 0 Å². The van der Waals surface area contributed by atoms with Gasteiger partial charge in [0.1, 0.15) is 16.4 Å². The number of hydrogen-bond donors (Lipinski definition) is 1. The fraction of sp³-hybridized carbons (Fsp3) is 0.294. The maximum atomic E-state index is 12.5. The maximum absolute atomic E-state index is 12.5. The summed E-state index contributed by atoms with van der Waals surface area (Å²) in [5, 5.41) is 0. The van der Waals surface area contributed by atoms with Gasteiger partial charge < -0.3 is 9.64 Å². The largest absolute Gasteiger partial charge is 0.457 e.